The largest absolute Gasteiger partial charge is 0.508 e. The lowest BCUT2D eigenvalue weighted by atomic mass is 9.87. The van der Waals surface area contributed by atoms with Crippen molar-refractivity contribution in [1.29, 1.82) is 0 Å². The van der Waals surface area contributed by atoms with Crippen LogP contribution >= 0.6 is 0 Å². The predicted octanol–water partition coefficient (Wildman–Crippen LogP) is 5.64. The predicted molar refractivity (Wildman–Crippen MR) is 160 cm³/mol. The molecule has 8 bridgehead atoms. The standard InChI is InChI=1S/C34H31FN2O7/c1-41-26-16-22(14-23(38)18-26)34(40)37-12-10-20-15-24-5-7-27(20)32(37)21-4-9-30(42-2)31(17-21)43-13-3-11-36-33(39)28-19-25(44-24)6-8-29(28)35/h4-9,14-19,32,38H,3,10-13H2,1-2H3,(H,36,39). The normalized spacial score (nSPS) is 16.1. The van der Waals surface area contributed by atoms with Gasteiger partial charge in [-0.2, -0.15) is 0 Å². The van der Waals surface area contributed by atoms with Gasteiger partial charge in [0, 0.05) is 24.7 Å². The van der Waals surface area contributed by atoms with Crippen LogP contribution in [0.2, 0.25) is 0 Å². The van der Waals surface area contributed by atoms with Crippen LogP contribution in [-0.4, -0.2) is 55.7 Å². The van der Waals surface area contributed by atoms with E-state index in [9.17, 15) is 19.1 Å². The molecule has 0 saturated heterocycles. The fourth-order valence-corrected chi connectivity index (χ4v) is 5.64. The number of carbonyl (C=O) groups excluding carboxylic acids is 2. The second kappa shape index (κ2) is 12.2. The number of rotatable bonds is 3. The lowest BCUT2D eigenvalue weighted by Gasteiger charge is -2.38. The third-order valence-electron chi connectivity index (χ3n) is 7.76. The van der Waals surface area contributed by atoms with Crippen LogP contribution in [0.1, 0.15) is 49.9 Å². The van der Waals surface area contributed by atoms with Gasteiger partial charge in [-0.1, -0.05) is 12.1 Å². The number of aromatic hydroxyl groups is 1. The molecule has 44 heavy (non-hydrogen) atoms. The Hall–Kier alpha value is -5.25. The zero-order chi connectivity index (χ0) is 30.8. The molecule has 0 saturated carbocycles. The van der Waals surface area contributed by atoms with Crippen LogP contribution in [0.5, 0.6) is 34.5 Å². The molecule has 3 heterocycles. The fraction of sp³-hybridized carbons (Fsp3) is 0.235. The van der Waals surface area contributed by atoms with E-state index in [0.717, 1.165) is 16.7 Å². The molecule has 2 N–H and O–H groups in total. The zero-order valence-corrected chi connectivity index (χ0v) is 24.3. The number of benzene rings is 4. The molecule has 2 amide bonds. The molecule has 3 aliphatic heterocycles. The first-order valence-electron chi connectivity index (χ1n) is 14.2. The van der Waals surface area contributed by atoms with Gasteiger partial charge in [-0.25, -0.2) is 4.39 Å². The molecule has 0 aliphatic carbocycles. The van der Waals surface area contributed by atoms with E-state index in [4.69, 9.17) is 18.9 Å². The van der Waals surface area contributed by atoms with Crippen molar-refractivity contribution in [1.82, 2.24) is 10.2 Å². The lowest BCUT2D eigenvalue weighted by molar-refractivity contribution is 0.0693. The molecular formula is C34H31FN2O7. The van der Waals surface area contributed by atoms with Gasteiger partial charge in [0.15, 0.2) is 11.5 Å². The average Bonchev–Trinajstić information content (AvgIpc) is 3.03. The van der Waals surface area contributed by atoms with Gasteiger partial charge in [0.2, 0.25) is 0 Å². The summed E-state index contributed by atoms with van der Waals surface area (Å²) in [4.78, 5) is 28.5. The molecule has 3 aliphatic rings. The molecule has 226 valence electrons. The van der Waals surface area contributed by atoms with Gasteiger partial charge in [0.25, 0.3) is 11.8 Å². The average molecular weight is 599 g/mol. The summed E-state index contributed by atoms with van der Waals surface area (Å²) in [5.74, 6) is 0.664. The first kappa shape index (κ1) is 28.9. The third kappa shape index (κ3) is 5.70. The molecular weight excluding hydrogens is 567 g/mol. The Morgan fingerprint density at radius 2 is 1.82 bits per heavy atom. The van der Waals surface area contributed by atoms with Crippen molar-refractivity contribution >= 4 is 11.8 Å². The Morgan fingerprint density at radius 1 is 1.00 bits per heavy atom. The second-order valence-electron chi connectivity index (χ2n) is 10.5. The molecule has 1 unspecified atom stereocenters. The van der Waals surface area contributed by atoms with E-state index in [0.29, 0.717) is 53.7 Å². The van der Waals surface area contributed by atoms with E-state index in [-0.39, 0.29) is 30.4 Å². The summed E-state index contributed by atoms with van der Waals surface area (Å²) in [6.45, 7) is 0.886. The lowest BCUT2D eigenvalue weighted by Crippen LogP contribution is -2.40. The van der Waals surface area contributed by atoms with Crippen LogP contribution in [0.15, 0.2) is 72.8 Å². The maximum Gasteiger partial charge on any atom is 0.254 e. The first-order chi connectivity index (χ1) is 21.3. The SMILES string of the molecule is COc1cc(O)cc(C(=O)N2CCc3cc4ccc3C2c2ccc(OC)c(c2)OCCCNC(=O)c2cc(ccc2F)O4)c1. The van der Waals surface area contributed by atoms with Gasteiger partial charge in [-0.3, -0.25) is 9.59 Å². The molecule has 0 fully saturated rings. The van der Waals surface area contributed by atoms with Gasteiger partial charge >= 0.3 is 0 Å². The maximum absolute atomic E-state index is 14.5. The highest BCUT2D eigenvalue weighted by molar-refractivity contribution is 5.96. The Bertz CT molecular complexity index is 1740. The van der Waals surface area contributed by atoms with E-state index >= 15 is 0 Å². The van der Waals surface area contributed by atoms with Crippen LogP contribution < -0.4 is 24.3 Å². The van der Waals surface area contributed by atoms with Crippen LogP contribution in [0.3, 0.4) is 0 Å². The van der Waals surface area contributed by atoms with Crippen molar-refractivity contribution in [3.8, 4) is 34.5 Å². The van der Waals surface area contributed by atoms with Crippen molar-refractivity contribution in [2.45, 2.75) is 18.9 Å². The quantitative estimate of drug-likeness (QED) is 0.314. The number of ether oxygens (including phenoxy) is 4. The number of amides is 2. The summed E-state index contributed by atoms with van der Waals surface area (Å²) in [7, 11) is 3.02. The smallest absolute Gasteiger partial charge is 0.254 e. The third-order valence-corrected chi connectivity index (χ3v) is 7.76. The first-order valence-corrected chi connectivity index (χ1v) is 14.2. The summed E-state index contributed by atoms with van der Waals surface area (Å²) in [6, 6.07) is 19.2. The van der Waals surface area contributed by atoms with E-state index in [1.54, 1.807) is 30.2 Å². The Labute approximate surface area is 253 Å². The van der Waals surface area contributed by atoms with Crippen molar-refractivity contribution < 1.29 is 38.0 Å². The van der Waals surface area contributed by atoms with Crippen LogP contribution in [0, 0.1) is 5.82 Å². The minimum Gasteiger partial charge on any atom is -0.508 e. The molecule has 10 heteroatoms. The summed E-state index contributed by atoms with van der Waals surface area (Å²) in [5, 5.41) is 13.0. The van der Waals surface area contributed by atoms with Gasteiger partial charge in [0.05, 0.1) is 32.4 Å². The summed E-state index contributed by atoms with van der Waals surface area (Å²) < 4.78 is 37.6. The van der Waals surface area contributed by atoms with E-state index < -0.39 is 17.8 Å². The topological polar surface area (TPSA) is 107 Å². The highest BCUT2D eigenvalue weighted by Gasteiger charge is 2.34. The summed E-state index contributed by atoms with van der Waals surface area (Å²) in [5.41, 5.74) is 2.83. The number of hydrogen-bond donors (Lipinski definition) is 2. The second-order valence-corrected chi connectivity index (χ2v) is 10.5. The van der Waals surface area contributed by atoms with Gasteiger partial charge in [-0.05, 0) is 84.1 Å². The van der Waals surface area contributed by atoms with Crippen molar-refractivity contribution in [2.75, 3.05) is 33.9 Å². The Balaban J connectivity index is 1.46. The van der Waals surface area contributed by atoms with Crippen LogP contribution in [0.25, 0.3) is 0 Å². The molecule has 1 atom stereocenters. The molecule has 0 radical (unpaired) electrons. The number of nitrogens with zero attached hydrogens (tertiary/aromatic N) is 1. The molecule has 0 spiro atoms. The fourth-order valence-electron chi connectivity index (χ4n) is 5.64. The monoisotopic (exact) mass is 598 g/mol. The molecule has 7 rings (SSSR count). The molecule has 9 nitrogen and oxygen atoms in total. The molecule has 4 aromatic rings. The summed E-state index contributed by atoms with van der Waals surface area (Å²) in [6.07, 6.45) is 0.983. The number of phenols is 1. The minimum absolute atomic E-state index is 0.0723. The molecule has 4 aromatic carbocycles. The van der Waals surface area contributed by atoms with Gasteiger partial charge < -0.3 is 34.3 Å². The number of methoxy groups -OCH3 is 2. The molecule has 0 aromatic heterocycles. The number of nitrogens with one attached hydrogen (secondary N) is 1. The number of fused-ring (bicyclic) bond motifs is 6. The van der Waals surface area contributed by atoms with E-state index in [1.165, 1.54) is 37.4 Å². The number of carbonyl (C=O) groups is 2. The van der Waals surface area contributed by atoms with E-state index in [1.807, 2.05) is 24.3 Å². The van der Waals surface area contributed by atoms with Crippen molar-refractivity contribution in [3.05, 3.63) is 106 Å². The number of phenolic OH excluding ortho intramolecular Hbond substituents is 1. The van der Waals surface area contributed by atoms with Gasteiger partial charge in [-0.15, -0.1) is 0 Å². The minimum atomic E-state index is -0.649. The van der Waals surface area contributed by atoms with Crippen molar-refractivity contribution in [2.24, 2.45) is 0 Å². The highest BCUT2D eigenvalue weighted by atomic mass is 19.1. The Kier molecular flexibility index (Phi) is 7.97. The number of hydrogen-bond acceptors (Lipinski definition) is 7. The van der Waals surface area contributed by atoms with Gasteiger partial charge in [0.1, 0.15) is 28.8 Å². The maximum atomic E-state index is 14.5. The van der Waals surface area contributed by atoms with E-state index in [2.05, 4.69) is 5.32 Å². The number of halogens is 1. The highest BCUT2D eigenvalue weighted by Crippen LogP contribution is 2.41. The zero-order valence-electron chi connectivity index (χ0n) is 24.3. The van der Waals surface area contributed by atoms with Crippen LogP contribution in [-0.2, 0) is 6.42 Å². The summed E-state index contributed by atoms with van der Waals surface area (Å²) >= 11 is 0. The van der Waals surface area contributed by atoms with Crippen molar-refractivity contribution in [3.63, 3.8) is 0 Å². The van der Waals surface area contributed by atoms with Crippen LogP contribution in [0.4, 0.5) is 4.39 Å². The Morgan fingerprint density at radius 3 is 2.64 bits per heavy atom.